The molecule has 2 heterocycles. The molecule has 0 amide bonds. The molecule has 0 saturated carbocycles. The minimum absolute atomic E-state index is 0.394. The molecule has 0 radical (unpaired) electrons. The lowest BCUT2D eigenvalue weighted by Crippen LogP contribution is -2.30. The molecule has 1 aromatic rings. The van der Waals surface area contributed by atoms with Crippen LogP contribution < -0.4 is 0 Å². The predicted molar refractivity (Wildman–Crippen MR) is 67.9 cm³/mol. The van der Waals surface area contributed by atoms with Crippen LogP contribution in [0.15, 0.2) is 30.5 Å². The van der Waals surface area contributed by atoms with Gasteiger partial charge in [0.15, 0.2) is 0 Å². The van der Waals surface area contributed by atoms with Gasteiger partial charge in [-0.1, -0.05) is 18.2 Å². The normalized spacial score (nSPS) is 21.8. The van der Waals surface area contributed by atoms with Crippen molar-refractivity contribution in [2.75, 3.05) is 7.05 Å². The van der Waals surface area contributed by atoms with Crippen molar-refractivity contribution >= 4 is 11.6 Å². The molecule has 1 unspecified atom stereocenters. The molecule has 82 valence electrons. The molecular weight excluding hydrogens is 196 g/mol. The van der Waals surface area contributed by atoms with E-state index in [2.05, 4.69) is 67.1 Å². The fourth-order valence-corrected chi connectivity index (χ4v) is 2.59. The van der Waals surface area contributed by atoms with Crippen molar-refractivity contribution in [2.24, 2.45) is 7.05 Å². The highest BCUT2D eigenvalue weighted by Crippen LogP contribution is 2.34. The predicted octanol–water partition coefficient (Wildman–Crippen LogP) is 2.57. The number of hydrogen-bond acceptors (Lipinski definition) is 1. The molecule has 16 heavy (non-hydrogen) atoms. The van der Waals surface area contributed by atoms with Crippen molar-refractivity contribution in [1.29, 1.82) is 0 Å². The molecule has 0 bridgehead atoms. The third-order valence-corrected chi connectivity index (χ3v) is 3.59. The van der Waals surface area contributed by atoms with E-state index in [1.807, 2.05) is 0 Å². The minimum Gasteiger partial charge on any atom is -0.370 e. The van der Waals surface area contributed by atoms with Crippen LogP contribution in [-0.2, 0) is 7.05 Å². The first kappa shape index (κ1) is 9.52. The first-order chi connectivity index (χ1) is 7.68. The quantitative estimate of drug-likeness (QED) is 0.641. The molecule has 0 N–H and O–H groups in total. The van der Waals surface area contributed by atoms with Gasteiger partial charge in [-0.15, -0.1) is 0 Å². The van der Waals surface area contributed by atoms with Crippen LogP contribution in [0.1, 0.15) is 17.0 Å². The molecule has 3 rings (SSSR count). The van der Waals surface area contributed by atoms with Gasteiger partial charge in [0.05, 0.1) is 11.7 Å². The Balaban J connectivity index is 2.23. The number of rotatable bonds is 0. The van der Waals surface area contributed by atoms with Gasteiger partial charge in [0, 0.05) is 25.4 Å². The molecule has 1 aliphatic carbocycles. The average Bonchev–Trinajstić information content (AvgIpc) is 2.56. The Morgan fingerprint density at radius 1 is 1.25 bits per heavy atom. The second kappa shape index (κ2) is 3.14. The summed E-state index contributed by atoms with van der Waals surface area (Å²) in [4.78, 5) is 2.25. The summed E-state index contributed by atoms with van der Waals surface area (Å²) in [6.07, 6.45) is 11.0. The number of likely N-dealkylation sites (N-methyl/N-ethyl adjacent to an activating group) is 1. The Kier molecular flexibility index (Phi) is 1.87. The van der Waals surface area contributed by atoms with Gasteiger partial charge >= 0.3 is 0 Å². The smallest absolute Gasteiger partial charge is 0.0741 e. The zero-order chi connectivity index (χ0) is 11.3. The number of fused-ring (bicyclic) bond motifs is 3. The van der Waals surface area contributed by atoms with Crippen molar-refractivity contribution in [3.05, 3.63) is 47.4 Å². The molecular formula is C14H16N2. The molecule has 2 nitrogen and oxygen atoms in total. The molecule has 2 aliphatic rings. The van der Waals surface area contributed by atoms with Crippen LogP contribution in [0.2, 0.25) is 0 Å². The Labute approximate surface area is 96.2 Å². The van der Waals surface area contributed by atoms with E-state index in [0.717, 1.165) is 0 Å². The van der Waals surface area contributed by atoms with Crippen LogP contribution >= 0.6 is 0 Å². The number of aryl methyl sites for hydroxylation is 1. The zero-order valence-electron chi connectivity index (χ0n) is 9.94. The summed E-state index contributed by atoms with van der Waals surface area (Å²) < 4.78 is 2.28. The molecule has 1 aliphatic heterocycles. The third kappa shape index (κ3) is 1.13. The van der Waals surface area contributed by atoms with E-state index >= 15 is 0 Å². The van der Waals surface area contributed by atoms with Gasteiger partial charge in [-0.05, 0) is 30.8 Å². The summed E-state index contributed by atoms with van der Waals surface area (Å²) >= 11 is 0. The molecule has 1 aromatic heterocycles. The number of aromatic nitrogens is 1. The second-order valence-corrected chi connectivity index (χ2v) is 4.58. The van der Waals surface area contributed by atoms with Crippen molar-refractivity contribution in [3.63, 3.8) is 0 Å². The summed E-state index contributed by atoms with van der Waals surface area (Å²) in [7, 11) is 4.27. The average molecular weight is 212 g/mol. The Hall–Kier alpha value is -1.70. The maximum atomic E-state index is 2.28. The van der Waals surface area contributed by atoms with E-state index in [-0.39, 0.29) is 0 Å². The first-order valence-corrected chi connectivity index (χ1v) is 5.63. The summed E-state index contributed by atoms with van der Waals surface area (Å²) in [6, 6.07) is 2.65. The molecule has 0 spiro atoms. The topological polar surface area (TPSA) is 8.17 Å². The van der Waals surface area contributed by atoms with Gasteiger partial charge in [-0.25, -0.2) is 0 Å². The largest absolute Gasteiger partial charge is 0.370 e. The van der Waals surface area contributed by atoms with Crippen molar-refractivity contribution < 1.29 is 0 Å². The monoisotopic (exact) mass is 212 g/mol. The third-order valence-electron chi connectivity index (χ3n) is 3.59. The maximum Gasteiger partial charge on any atom is 0.0741 e. The van der Waals surface area contributed by atoms with E-state index in [4.69, 9.17) is 0 Å². The van der Waals surface area contributed by atoms with Gasteiger partial charge in [0.2, 0.25) is 0 Å². The molecule has 0 saturated heterocycles. The standard InChI is InChI=1S/C14H16N2/c1-10-9-11-6-7-13-12(14(11)16(10)3)5-4-8-15(13)2/h4-9,13H,1-3H3. The molecule has 2 heteroatoms. The summed E-state index contributed by atoms with van der Waals surface area (Å²) in [6.45, 7) is 2.16. The Morgan fingerprint density at radius 2 is 2.06 bits per heavy atom. The van der Waals surface area contributed by atoms with E-state index in [1.165, 1.54) is 22.5 Å². The van der Waals surface area contributed by atoms with E-state index in [9.17, 15) is 0 Å². The van der Waals surface area contributed by atoms with E-state index < -0.39 is 0 Å². The molecule has 0 aromatic carbocycles. The maximum absolute atomic E-state index is 2.28. The Morgan fingerprint density at radius 3 is 2.88 bits per heavy atom. The van der Waals surface area contributed by atoms with Crippen LogP contribution in [0.4, 0.5) is 0 Å². The summed E-state index contributed by atoms with van der Waals surface area (Å²) in [5.41, 5.74) is 5.42. The van der Waals surface area contributed by atoms with Crippen LogP contribution in [0.3, 0.4) is 0 Å². The molecule has 1 atom stereocenters. The lowest BCUT2D eigenvalue weighted by Gasteiger charge is -2.32. The summed E-state index contributed by atoms with van der Waals surface area (Å²) in [5.74, 6) is 0. The van der Waals surface area contributed by atoms with Gasteiger partial charge < -0.3 is 9.47 Å². The Bertz CT molecular complexity index is 529. The van der Waals surface area contributed by atoms with Crippen molar-refractivity contribution in [3.8, 4) is 0 Å². The number of nitrogens with zero attached hydrogens (tertiary/aromatic N) is 2. The van der Waals surface area contributed by atoms with Gasteiger partial charge in [-0.3, -0.25) is 0 Å². The van der Waals surface area contributed by atoms with Crippen LogP contribution in [0.5, 0.6) is 0 Å². The highest BCUT2D eigenvalue weighted by Gasteiger charge is 2.26. The SMILES string of the molecule is Cc1cc2c(n1C)C1=CC=CN(C)C1C=C2. The summed E-state index contributed by atoms with van der Waals surface area (Å²) in [5, 5.41) is 0. The van der Waals surface area contributed by atoms with Gasteiger partial charge in [0.1, 0.15) is 0 Å². The van der Waals surface area contributed by atoms with Gasteiger partial charge in [-0.2, -0.15) is 0 Å². The van der Waals surface area contributed by atoms with Crippen molar-refractivity contribution in [1.82, 2.24) is 9.47 Å². The highest BCUT2D eigenvalue weighted by atomic mass is 15.1. The molecule has 0 fully saturated rings. The van der Waals surface area contributed by atoms with E-state index in [1.54, 1.807) is 0 Å². The van der Waals surface area contributed by atoms with Gasteiger partial charge in [0.25, 0.3) is 0 Å². The highest BCUT2D eigenvalue weighted by molar-refractivity contribution is 5.83. The van der Waals surface area contributed by atoms with E-state index in [0.29, 0.717) is 6.04 Å². The first-order valence-electron chi connectivity index (χ1n) is 5.63. The van der Waals surface area contributed by atoms with Crippen molar-refractivity contribution in [2.45, 2.75) is 13.0 Å². The van der Waals surface area contributed by atoms with Crippen LogP contribution in [-0.4, -0.2) is 22.6 Å². The lowest BCUT2D eigenvalue weighted by atomic mass is 9.92. The second-order valence-electron chi connectivity index (χ2n) is 4.58. The fourth-order valence-electron chi connectivity index (χ4n) is 2.59. The number of hydrogen-bond donors (Lipinski definition) is 0. The minimum atomic E-state index is 0.394. The lowest BCUT2D eigenvalue weighted by molar-refractivity contribution is 0.441. The zero-order valence-corrected chi connectivity index (χ0v) is 9.94. The van der Waals surface area contributed by atoms with Crippen LogP contribution in [0, 0.1) is 6.92 Å². The van der Waals surface area contributed by atoms with Crippen LogP contribution in [0.25, 0.3) is 11.6 Å². The fraction of sp³-hybridized carbons (Fsp3) is 0.286. The number of allylic oxidation sites excluding steroid dienone is 2.